The molecule has 8 rings (SSSR count). The molecule has 2 aromatic carbocycles. The van der Waals surface area contributed by atoms with E-state index in [0.717, 1.165) is 0 Å². The summed E-state index contributed by atoms with van der Waals surface area (Å²) in [6, 6.07) is 11.1. The monoisotopic (exact) mass is 1130 g/mol. The molecule has 3 aliphatic heterocycles. The zero-order chi connectivity index (χ0) is 55.8. The summed E-state index contributed by atoms with van der Waals surface area (Å²) in [5, 5.41) is 76.8. The Morgan fingerprint density at radius 3 is 2.27 bits per heavy atom. The summed E-state index contributed by atoms with van der Waals surface area (Å²) in [4.78, 5) is 72.3. The van der Waals surface area contributed by atoms with Gasteiger partial charge in [0.25, 0.3) is 17.5 Å². The van der Waals surface area contributed by atoms with Gasteiger partial charge < -0.3 is 82.4 Å². The Kier molecular flexibility index (Phi) is 19.8. The fraction of sp³-hybridized carbons (Fsp3) is 0.449. The number of terminal acetylenes is 1. The molecule has 9 atom stereocenters. The summed E-state index contributed by atoms with van der Waals surface area (Å²) in [7, 11) is -4.46. The number of nitrogens with zero attached hydrogens (tertiary/aromatic N) is 5. The van der Waals surface area contributed by atoms with Gasteiger partial charge >= 0.3 is 16.3 Å². The van der Waals surface area contributed by atoms with Crippen molar-refractivity contribution in [1.29, 1.82) is 0 Å². The number of benzene rings is 2. The summed E-state index contributed by atoms with van der Waals surface area (Å²) < 4.78 is 64.2. The number of carboxylic acid groups (broad SMARTS) is 1. The van der Waals surface area contributed by atoms with Crippen LogP contribution in [0.3, 0.4) is 0 Å². The van der Waals surface area contributed by atoms with Gasteiger partial charge in [-0.25, -0.2) is 24.1 Å². The number of imide groups is 1. The third kappa shape index (κ3) is 14.6. The smallest absolute Gasteiger partial charge is 0.335 e. The number of nitrogens with one attached hydrogen (secondary N) is 3. The molecule has 29 nitrogen and oxygen atoms in total. The van der Waals surface area contributed by atoms with Crippen LogP contribution in [0.25, 0.3) is 11.2 Å². The van der Waals surface area contributed by atoms with E-state index < -0.39 is 89.9 Å². The number of aliphatic carboxylic acids is 1. The third-order valence-electron chi connectivity index (χ3n) is 12.6. The largest absolute Gasteiger partial charge is 0.479 e. The lowest BCUT2D eigenvalue weighted by molar-refractivity contribution is -0.668. The molecule has 1 aliphatic carbocycles. The van der Waals surface area contributed by atoms with Gasteiger partial charge in [-0.1, -0.05) is 23.0 Å². The van der Waals surface area contributed by atoms with Crippen molar-refractivity contribution < 1.29 is 100 Å². The SMILES string of the molecule is C#Cc1cccc(Nc2nc[n+](Cc3ccc(O[C@@H]4O[C@H](C(=O)O)[C@@H](O)[C@H](O)[C@H]4O)c(NC(=O)CCNC(=O)CCOCCOCCOCCN4C(=O)C5=C(C5)C4=O)c3)c3c2ncn3[C@@H]2O[C@H](COS(N)(=O)=O)[C@@H](O)[C@H]2O)c1.[CH3-]. The van der Waals surface area contributed by atoms with Crippen LogP contribution in [-0.2, 0) is 68.7 Å². The number of carbonyl (C=O) groups is 5. The van der Waals surface area contributed by atoms with Crippen LogP contribution in [0.4, 0.5) is 17.2 Å². The number of rotatable bonds is 27. The van der Waals surface area contributed by atoms with Crippen LogP contribution < -0.4 is 30.4 Å². The normalized spacial score (nSPS) is 23.5. The van der Waals surface area contributed by atoms with Crippen molar-refractivity contribution in [3.63, 3.8) is 0 Å². The van der Waals surface area contributed by atoms with Crippen LogP contribution in [0.2, 0.25) is 0 Å². The van der Waals surface area contributed by atoms with E-state index in [0.29, 0.717) is 34.4 Å². The molecule has 0 spiro atoms. The van der Waals surface area contributed by atoms with Crippen LogP contribution in [0.1, 0.15) is 36.6 Å². The Bertz CT molecular complexity index is 3070. The third-order valence-corrected chi connectivity index (χ3v) is 13.0. The second-order valence-corrected chi connectivity index (χ2v) is 19.3. The highest BCUT2D eigenvalue weighted by molar-refractivity contribution is 7.84. The lowest BCUT2D eigenvalue weighted by Gasteiger charge is -2.38. The first-order chi connectivity index (χ1) is 37.3. The van der Waals surface area contributed by atoms with Gasteiger partial charge in [-0.2, -0.15) is 8.42 Å². The highest BCUT2D eigenvalue weighted by Gasteiger charge is 2.50. The van der Waals surface area contributed by atoms with Gasteiger partial charge in [0, 0.05) is 48.2 Å². The molecule has 426 valence electrons. The van der Waals surface area contributed by atoms with Gasteiger partial charge in [0.05, 0.1) is 65.0 Å². The molecular weight excluding hydrogens is 1070 g/mol. The van der Waals surface area contributed by atoms with E-state index in [1.165, 1.54) is 40.3 Å². The predicted octanol–water partition coefficient (Wildman–Crippen LogP) is -2.99. The molecule has 0 unspecified atom stereocenters. The van der Waals surface area contributed by atoms with Crippen LogP contribution in [0.5, 0.6) is 5.75 Å². The minimum absolute atomic E-state index is 0. The Labute approximate surface area is 451 Å². The molecule has 0 bridgehead atoms. The maximum absolute atomic E-state index is 13.5. The summed E-state index contributed by atoms with van der Waals surface area (Å²) in [6.07, 6.45) is -7.53. The van der Waals surface area contributed by atoms with Gasteiger partial charge in [-0.3, -0.25) is 28.3 Å². The first-order valence-electron chi connectivity index (χ1n) is 24.2. The van der Waals surface area contributed by atoms with Gasteiger partial charge in [0.15, 0.2) is 17.9 Å². The van der Waals surface area contributed by atoms with E-state index in [9.17, 15) is 63.0 Å². The summed E-state index contributed by atoms with van der Waals surface area (Å²) >= 11 is 0. The standard InChI is InChI=1S/C48H55N9O20S.CH3/c1-2-25-4-3-5-27(18-25)53-42-35-43(57(24-51-35)46-39(63)36(60)32(75-46)22-74-78(49,69)70)55(23-52-42)21-26-6-7-31(76-48-40(64)37(61)38(62)41(77-48)47(67)68)30(19-26)54-34(59)8-10-50-33(58)9-12-71-14-16-73-17-15-72-13-11-56-44(65)28-20-29(28)45(56)66;/h1,3-7,18-19,23-24,32,36-41,46,48,60-64H,8-17,20-22H2,(H5,49,50,54,58,59,67,68,69,70);1H3/q;-1/p+1/t32-,36-,37+,38+,39-,40-,41+,46-,48-;/m1./s1. The second kappa shape index (κ2) is 26.2. The fourth-order valence-corrected chi connectivity index (χ4v) is 8.84. The van der Waals surface area contributed by atoms with Gasteiger partial charge in [0.2, 0.25) is 36.5 Å². The number of nitrogens with two attached hydrogens (primary N) is 1. The number of carboxylic acids is 1. The molecule has 4 aromatic rings. The van der Waals surface area contributed by atoms with E-state index >= 15 is 0 Å². The number of piperidine rings is 1. The first-order valence-corrected chi connectivity index (χ1v) is 25.7. The summed E-state index contributed by atoms with van der Waals surface area (Å²) in [5.41, 5.74) is 3.00. The number of fused-ring (bicyclic) bond motifs is 1. The molecule has 2 fully saturated rings. The number of amides is 4. The van der Waals surface area contributed by atoms with Crippen molar-refractivity contribution in [2.45, 2.75) is 81.1 Å². The van der Waals surface area contributed by atoms with Crippen LogP contribution in [0, 0.1) is 19.8 Å². The molecule has 4 aliphatic rings. The molecule has 79 heavy (non-hydrogen) atoms. The minimum Gasteiger partial charge on any atom is -0.479 e. The van der Waals surface area contributed by atoms with Crippen LogP contribution in [0.15, 0.2) is 66.3 Å². The number of aliphatic hydroxyl groups excluding tert-OH is 5. The average molecular weight is 1130 g/mol. The minimum atomic E-state index is -4.46. The highest BCUT2D eigenvalue weighted by Crippen LogP contribution is 2.40. The summed E-state index contributed by atoms with van der Waals surface area (Å²) in [5.74, 6) is -0.702. The van der Waals surface area contributed by atoms with E-state index in [-0.39, 0.29) is 120 Å². The topological polar surface area (TPSA) is 405 Å². The van der Waals surface area contributed by atoms with Gasteiger partial charge in [-0.05, 0) is 35.9 Å². The average Bonchev–Trinajstić information content (AvgIpc) is 4.02. The molecule has 2 aromatic heterocycles. The first kappa shape index (κ1) is 59.6. The van der Waals surface area contributed by atoms with E-state index in [4.69, 9.17) is 40.0 Å². The number of hydrogen-bond acceptors (Lipinski definition) is 22. The Balaban J connectivity index is 0.00000903. The maximum Gasteiger partial charge on any atom is 0.335 e. The van der Waals surface area contributed by atoms with Crippen LogP contribution >= 0.6 is 0 Å². The molecule has 2 saturated heterocycles. The Morgan fingerprint density at radius 2 is 1.57 bits per heavy atom. The number of anilines is 3. The quantitative estimate of drug-likeness (QED) is 0.00935. The van der Waals surface area contributed by atoms with Crippen LogP contribution in [-0.4, -0.2) is 196 Å². The second-order valence-electron chi connectivity index (χ2n) is 18.0. The molecule has 11 N–H and O–H groups in total. The number of aromatic nitrogens is 4. The Morgan fingerprint density at radius 1 is 0.861 bits per heavy atom. The van der Waals surface area contributed by atoms with Crippen molar-refractivity contribution in [2.75, 3.05) is 70.0 Å². The molecule has 5 heterocycles. The van der Waals surface area contributed by atoms with E-state index in [2.05, 4.69) is 36.0 Å². The van der Waals surface area contributed by atoms with E-state index in [1.807, 2.05) is 0 Å². The van der Waals surface area contributed by atoms with Crippen molar-refractivity contribution in [3.05, 3.63) is 84.8 Å². The van der Waals surface area contributed by atoms with Crippen molar-refractivity contribution in [3.8, 4) is 18.1 Å². The molecule has 0 saturated carbocycles. The number of imidazole rings is 1. The van der Waals surface area contributed by atoms with Crippen molar-refractivity contribution >= 4 is 68.3 Å². The lowest BCUT2D eigenvalue weighted by Crippen LogP contribution is -2.61. The number of carbonyl (C=O) groups excluding carboxylic acids is 4. The van der Waals surface area contributed by atoms with Gasteiger partial charge in [-0.15, -0.1) is 6.42 Å². The van der Waals surface area contributed by atoms with Crippen molar-refractivity contribution in [2.24, 2.45) is 5.14 Å². The predicted molar refractivity (Wildman–Crippen MR) is 269 cm³/mol. The molecule has 30 heteroatoms. The van der Waals surface area contributed by atoms with Crippen molar-refractivity contribution in [1.82, 2.24) is 24.8 Å². The molecular formula is C49H59N9O20S. The summed E-state index contributed by atoms with van der Waals surface area (Å²) in [6.45, 7) is 0.257. The number of hydrogen-bond donors (Lipinski definition) is 10. The number of aliphatic hydroxyl groups is 5. The number of ether oxygens (including phenoxy) is 6. The van der Waals surface area contributed by atoms with E-state index in [1.54, 1.807) is 28.8 Å². The molecule has 4 amide bonds. The zero-order valence-corrected chi connectivity index (χ0v) is 43.1. The highest BCUT2D eigenvalue weighted by atomic mass is 32.2. The zero-order valence-electron chi connectivity index (χ0n) is 42.3. The maximum atomic E-state index is 13.5. The lowest BCUT2D eigenvalue weighted by atomic mass is 9.99. The number of likely N-dealkylation sites (tertiary alicyclic amines) is 1. The molecule has 0 radical (unpaired) electrons. The fourth-order valence-electron chi connectivity index (χ4n) is 8.51. The Hall–Kier alpha value is -7.09. The van der Waals surface area contributed by atoms with Gasteiger partial charge in [0.1, 0.15) is 42.4 Å².